The zero-order valence-corrected chi connectivity index (χ0v) is 9.48. The number of hydrogen-bond acceptors (Lipinski definition) is 2. The Morgan fingerprint density at radius 2 is 2.23 bits per heavy atom. The first-order chi connectivity index (χ1) is 6.27. The van der Waals surface area contributed by atoms with Gasteiger partial charge >= 0.3 is 0 Å². The van der Waals surface area contributed by atoms with Crippen LogP contribution in [0.4, 0.5) is 0 Å². The van der Waals surface area contributed by atoms with E-state index in [1.807, 2.05) is 5.38 Å². The van der Waals surface area contributed by atoms with Crippen LogP contribution in [0.5, 0.6) is 0 Å². The maximum atomic E-state index is 5.99. The highest BCUT2D eigenvalue weighted by atomic mass is 35.5. The molecule has 0 spiro atoms. The first kappa shape index (κ1) is 9.78. The molecule has 4 heteroatoms. The van der Waals surface area contributed by atoms with Gasteiger partial charge in [0.25, 0.3) is 0 Å². The summed E-state index contributed by atoms with van der Waals surface area (Å²) in [6.07, 6.45) is 3.96. The summed E-state index contributed by atoms with van der Waals surface area (Å²) in [6, 6.07) is 0.703. The van der Waals surface area contributed by atoms with Crippen molar-refractivity contribution in [1.82, 2.24) is 5.32 Å². The molecule has 0 amide bonds. The fourth-order valence-corrected chi connectivity index (χ4v) is 2.59. The van der Waals surface area contributed by atoms with Gasteiger partial charge in [0, 0.05) is 12.6 Å². The van der Waals surface area contributed by atoms with E-state index in [1.54, 1.807) is 0 Å². The maximum Gasteiger partial charge on any atom is 0.112 e. The number of thiophene rings is 1. The number of nitrogens with one attached hydrogen (secondary N) is 1. The molecule has 0 radical (unpaired) electrons. The molecule has 1 N–H and O–H groups in total. The van der Waals surface area contributed by atoms with Crippen LogP contribution in [-0.2, 0) is 6.54 Å². The quantitative estimate of drug-likeness (QED) is 0.843. The van der Waals surface area contributed by atoms with Crippen LogP contribution in [-0.4, -0.2) is 6.04 Å². The Morgan fingerprint density at radius 3 is 2.69 bits per heavy atom. The second-order valence-electron chi connectivity index (χ2n) is 3.36. The normalized spacial score (nSPS) is 17.4. The first-order valence-corrected chi connectivity index (χ1v) is 6.05. The molecule has 0 saturated heterocycles. The monoisotopic (exact) mass is 235 g/mol. The van der Waals surface area contributed by atoms with Crippen molar-refractivity contribution in [3.05, 3.63) is 20.3 Å². The Balaban J connectivity index is 1.89. The predicted octanol–water partition coefficient (Wildman–Crippen LogP) is 3.70. The van der Waals surface area contributed by atoms with E-state index < -0.39 is 0 Å². The second-order valence-corrected chi connectivity index (χ2v) is 5.22. The number of hydrogen-bond donors (Lipinski definition) is 1. The summed E-state index contributed by atoms with van der Waals surface area (Å²) in [7, 11) is 0. The third kappa shape index (κ3) is 2.18. The molecule has 0 aromatic carbocycles. The topological polar surface area (TPSA) is 12.0 Å². The summed E-state index contributed by atoms with van der Waals surface area (Å²) in [4.78, 5) is 0. The fourth-order valence-electron chi connectivity index (χ4n) is 1.34. The van der Waals surface area contributed by atoms with Crippen molar-refractivity contribution >= 4 is 34.5 Å². The average molecular weight is 236 g/mol. The van der Waals surface area contributed by atoms with E-state index in [-0.39, 0.29) is 0 Å². The number of halogens is 2. The van der Waals surface area contributed by atoms with Crippen LogP contribution in [0.15, 0.2) is 5.38 Å². The zero-order valence-electron chi connectivity index (χ0n) is 7.15. The second kappa shape index (κ2) is 4.18. The molecule has 1 heterocycles. The van der Waals surface area contributed by atoms with Crippen molar-refractivity contribution in [2.75, 3.05) is 0 Å². The van der Waals surface area contributed by atoms with Crippen molar-refractivity contribution < 1.29 is 0 Å². The van der Waals surface area contributed by atoms with Gasteiger partial charge in [0.2, 0.25) is 0 Å². The summed E-state index contributed by atoms with van der Waals surface area (Å²) in [5, 5.41) is 6.20. The molecule has 0 unspecified atom stereocenters. The molecule has 1 saturated carbocycles. The minimum atomic E-state index is 0.701. The van der Waals surface area contributed by atoms with Crippen molar-refractivity contribution in [3.8, 4) is 0 Å². The van der Waals surface area contributed by atoms with Crippen molar-refractivity contribution in [2.24, 2.45) is 0 Å². The van der Waals surface area contributed by atoms with Crippen LogP contribution in [0.2, 0.25) is 9.36 Å². The van der Waals surface area contributed by atoms with Crippen LogP contribution < -0.4 is 5.32 Å². The van der Waals surface area contributed by atoms with Gasteiger partial charge in [-0.1, -0.05) is 29.6 Å². The third-order valence-electron chi connectivity index (χ3n) is 2.45. The van der Waals surface area contributed by atoms with Gasteiger partial charge in [-0.25, -0.2) is 0 Å². The van der Waals surface area contributed by atoms with Gasteiger partial charge in [-0.3, -0.25) is 0 Å². The lowest BCUT2D eigenvalue weighted by Crippen LogP contribution is -2.34. The van der Waals surface area contributed by atoms with E-state index in [9.17, 15) is 0 Å². The van der Waals surface area contributed by atoms with Crippen LogP contribution >= 0.6 is 34.5 Å². The molecule has 1 aromatic rings. The van der Waals surface area contributed by atoms with Crippen molar-refractivity contribution in [2.45, 2.75) is 31.8 Å². The predicted molar refractivity (Wildman–Crippen MR) is 58.8 cm³/mol. The summed E-state index contributed by atoms with van der Waals surface area (Å²) in [6.45, 7) is 0.854. The molecule has 1 nitrogen and oxygen atoms in total. The molecule has 2 rings (SSSR count). The Labute approximate surface area is 92.0 Å². The van der Waals surface area contributed by atoms with Crippen LogP contribution in [0.1, 0.15) is 24.8 Å². The molecular weight excluding hydrogens is 225 g/mol. The van der Waals surface area contributed by atoms with Crippen LogP contribution in [0, 0.1) is 0 Å². The van der Waals surface area contributed by atoms with E-state index in [1.165, 1.54) is 30.6 Å². The molecule has 72 valence electrons. The summed E-state index contributed by atoms with van der Waals surface area (Å²) in [5.74, 6) is 0. The van der Waals surface area contributed by atoms with E-state index >= 15 is 0 Å². The SMILES string of the molecule is Clc1scc(CNC2CCC2)c1Cl. The van der Waals surface area contributed by atoms with Crippen LogP contribution in [0.3, 0.4) is 0 Å². The summed E-state index contributed by atoms with van der Waals surface area (Å²) >= 11 is 13.3. The van der Waals surface area contributed by atoms with Gasteiger partial charge in [-0.05, 0) is 23.8 Å². The highest BCUT2D eigenvalue weighted by Gasteiger charge is 2.17. The Bertz CT molecular complexity index is 294. The summed E-state index contributed by atoms with van der Waals surface area (Å²) < 4.78 is 0.701. The van der Waals surface area contributed by atoms with E-state index in [4.69, 9.17) is 23.2 Å². The molecule has 0 bridgehead atoms. The highest BCUT2D eigenvalue weighted by molar-refractivity contribution is 7.15. The Hall–Kier alpha value is 0.240. The van der Waals surface area contributed by atoms with Gasteiger partial charge in [0.05, 0.1) is 5.02 Å². The standard InChI is InChI=1S/C9H11Cl2NS/c10-8-6(5-13-9(8)11)4-12-7-2-1-3-7/h5,7,12H,1-4H2. The molecular formula is C9H11Cl2NS. The van der Waals surface area contributed by atoms with Gasteiger partial charge in [0.1, 0.15) is 4.34 Å². The van der Waals surface area contributed by atoms with Crippen LogP contribution in [0.25, 0.3) is 0 Å². The molecule has 1 aliphatic rings. The molecule has 13 heavy (non-hydrogen) atoms. The maximum absolute atomic E-state index is 5.99. The molecule has 0 aliphatic heterocycles. The minimum Gasteiger partial charge on any atom is -0.310 e. The Kier molecular flexibility index (Phi) is 3.14. The molecule has 1 aliphatic carbocycles. The third-order valence-corrected chi connectivity index (χ3v) is 4.36. The average Bonchev–Trinajstić information content (AvgIpc) is 2.33. The lowest BCUT2D eigenvalue weighted by molar-refractivity contribution is 0.338. The zero-order chi connectivity index (χ0) is 9.26. The van der Waals surface area contributed by atoms with E-state index in [2.05, 4.69) is 5.32 Å². The van der Waals surface area contributed by atoms with Crippen molar-refractivity contribution in [3.63, 3.8) is 0 Å². The Morgan fingerprint density at radius 1 is 1.46 bits per heavy atom. The lowest BCUT2D eigenvalue weighted by Gasteiger charge is -2.26. The van der Waals surface area contributed by atoms with Gasteiger partial charge < -0.3 is 5.32 Å². The van der Waals surface area contributed by atoms with Gasteiger partial charge in [0.15, 0.2) is 0 Å². The van der Waals surface area contributed by atoms with Gasteiger partial charge in [-0.15, -0.1) is 11.3 Å². The molecule has 1 aromatic heterocycles. The van der Waals surface area contributed by atoms with Crippen molar-refractivity contribution in [1.29, 1.82) is 0 Å². The number of rotatable bonds is 3. The molecule has 0 atom stereocenters. The summed E-state index contributed by atoms with van der Waals surface area (Å²) in [5.41, 5.74) is 1.13. The van der Waals surface area contributed by atoms with E-state index in [0.29, 0.717) is 10.4 Å². The van der Waals surface area contributed by atoms with E-state index in [0.717, 1.165) is 17.1 Å². The lowest BCUT2D eigenvalue weighted by atomic mass is 9.93. The smallest absolute Gasteiger partial charge is 0.112 e. The first-order valence-electron chi connectivity index (χ1n) is 4.42. The molecule has 1 fully saturated rings. The largest absolute Gasteiger partial charge is 0.310 e. The highest BCUT2D eigenvalue weighted by Crippen LogP contribution is 2.32. The minimum absolute atomic E-state index is 0.701. The fraction of sp³-hybridized carbons (Fsp3) is 0.556. The van der Waals surface area contributed by atoms with Gasteiger partial charge in [-0.2, -0.15) is 0 Å².